The molecule has 3 N–H and O–H groups in total. The number of nitrogens with two attached hydrogens (primary N) is 1. The van der Waals surface area contributed by atoms with E-state index in [2.05, 4.69) is 20.8 Å². The first-order valence-corrected chi connectivity index (χ1v) is 8.64. The minimum Gasteiger partial charge on any atom is -0.324 e. The Bertz CT molecular complexity index is 751. The van der Waals surface area contributed by atoms with Crippen LogP contribution in [0.15, 0.2) is 24.3 Å². The Morgan fingerprint density at radius 1 is 1.24 bits per heavy atom. The monoisotopic (exact) mass is 362 g/mol. The second kappa shape index (κ2) is 7.09. The zero-order valence-corrected chi connectivity index (χ0v) is 14.8. The number of hydrogen-bond donors (Lipinski definition) is 2. The summed E-state index contributed by atoms with van der Waals surface area (Å²) in [6.45, 7) is 0. The Kier molecular flexibility index (Phi) is 5.06. The van der Waals surface area contributed by atoms with Crippen LogP contribution in [-0.2, 0) is 4.79 Å². The lowest BCUT2D eigenvalue weighted by Crippen LogP contribution is -2.52. The molecule has 0 unspecified atom stereocenters. The van der Waals surface area contributed by atoms with Crippen molar-refractivity contribution in [1.29, 1.82) is 0 Å². The maximum absolute atomic E-state index is 12.6. The smallest absolute Gasteiger partial charge is 0.244 e. The van der Waals surface area contributed by atoms with E-state index in [4.69, 9.17) is 5.73 Å². The van der Waals surface area contributed by atoms with Crippen LogP contribution < -0.4 is 11.1 Å². The third-order valence-corrected chi connectivity index (χ3v) is 4.96. The lowest BCUT2D eigenvalue weighted by atomic mass is 9.82. The summed E-state index contributed by atoms with van der Waals surface area (Å²) in [6.07, 6.45) is 6.91. The maximum Gasteiger partial charge on any atom is 0.244 e. The van der Waals surface area contributed by atoms with Crippen molar-refractivity contribution in [1.82, 2.24) is 20.2 Å². The zero-order chi connectivity index (χ0) is 16.6. The quantitative estimate of drug-likeness (QED) is 0.871. The number of tetrazole rings is 1. The fourth-order valence-corrected chi connectivity index (χ4v) is 3.35. The number of anilines is 1. The van der Waals surface area contributed by atoms with Gasteiger partial charge < -0.3 is 11.1 Å². The van der Waals surface area contributed by atoms with Gasteiger partial charge in [-0.3, -0.25) is 4.79 Å². The standard InChI is InChI=1S/C17H22N6O.ClH/c18-17(9-2-1-3-10-17)16(24)19-13-6-4-5-12(11-13)15-20-21-22-23(15)14-7-8-14;/h4-6,11,14H,1-3,7-10,18H2,(H,19,24);1H. The van der Waals surface area contributed by atoms with Crippen molar-refractivity contribution in [2.75, 3.05) is 5.32 Å². The summed E-state index contributed by atoms with van der Waals surface area (Å²) in [5.74, 6) is 0.648. The summed E-state index contributed by atoms with van der Waals surface area (Å²) >= 11 is 0. The van der Waals surface area contributed by atoms with Crippen molar-refractivity contribution in [3.8, 4) is 11.4 Å². The lowest BCUT2D eigenvalue weighted by Gasteiger charge is -2.31. The molecule has 25 heavy (non-hydrogen) atoms. The summed E-state index contributed by atoms with van der Waals surface area (Å²) in [4.78, 5) is 12.6. The molecule has 0 radical (unpaired) electrons. The Labute approximate surface area is 152 Å². The van der Waals surface area contributed by atoms with Gasteiger partial charge in [0.15, 0.2) is 5.82 Å². The fourth-order valence-electron chi connectivity index (χ4n) is 3.35. The highest BCUT2D eigenvalue weighted by molar-refractivity contribution is 5.98. The Morgan fingerprint density at radius 2 is 2.00 bits per heavy atom. The topological polar surface area (TPSA) is 98.7 Å². The van der Waals surface area contributed by atoms with Crippen molar-refractivity contribution in [3.63, 3.8) is 0 Å². The second-order valence-corrected chi connectivity index (χ2v) is 6.93. The van der Waals surface area contributed by atoms with Gasteiger partial charge in [-0.1, -0.05) is 31.4 Å². The third kappa shape index (κ3) is 3.67. The van der Waals surface area contributed by atoms with E-state index in [1.807, 2.05) is 28.9 Å². The fraction of sp³-hybridized carbons (Fsp3) is 0.529. The van der Waals surface area contributed by atoms with Crippen LogP contribution in [0.25, 0.3) is 11.4 Å². The third-order valence-electron chi connectivity index (χ3n) is 4.96. The van der Waals surface area contributed by atoms with Crippen LogP contribution >= 0.6 is 12.4 Å². The zero-order valence-electron chi connectivity index (χ0n) is 14.0. The SMILES string of the molecule is Cl.NC1(C(=O)Nc2cccc(-c3nnnn3C3CC3)c2)CCCCC1. The van der Waals surface area contributed by atoms with Crippen LogP contribution in [0.1, 0.15) is 51.0 Å². The Morgan fingerprint density at radius 3 is 2.72 bits per heavy atom. The van der Waals surface area contributed by atoms with E-state index < -0.39 is 5.54 Å². The van der Waals surface area contributed by atoms with Gasteiger partial charge in [0.05, 0.1) is 11.6 Å². The molecule has 2 aliphatic carbocycles. The van der Waals surface area contributed by atoms with Crippen LogP contribution in [0.3, 0.4) is 0 Å². The number of rotatable bonds is 4. The number of carbonyl (C=O) groups excluding carboxylic acids is 1. The van der Waals surface area contributed by atoms with Gasteiger partial charge in [0.2, 0.25) is 5.91 Å². The van der Waals surface area contributed by atoms with Gasteiger partial charge in [-0.2, -0.15) is 0 Å². The lowest BCUT2D eigenvalue weighted by molar-refractivity contribution is -0.122. The maximum atomic E-state index is 12.6. The Hall–Kier alpha value is -1.99. The predicted octanol–water partition coefficient (Wildman–Crippen LogP) is 2.70. The van der Waals surface area contributed by atoms with Gasteiger partial charge in [0, 0.05) is 11.3 Å². The summed E-state index contributed by atoms with van der Waals surface area (Å²) in [6, 6.07) is 8.05. The van der Waals surface area contributed by atoms with Crippen molar-refractivity contribution in [3.05, 3.63) is 24.3 Å². The average molecular weight is 363 g/mol. The molecule has 0 saturated heterocycles. The van der Waals surface area contributed by atoms with Gasteiger partial charge in [-0.25, -0.2) is 4.68 Å². The van der Waals surface area contributed by atoms with Gasteiger partial charge in [-0.05, 0) is 48.2 Å². The molecule has 0 atom stereocenters. The summed E-state index contributed by atoms with van der Waals surface area (Å²) in [7, 11) is 0. The molecule has 0 bridgehead atoms. The predicted molar refractivity (Wildman–Crippen MR) is 97.4 cm³/mol. The first-order valence-electron chi connectivity index (χ1n) is 8.64. The second-order valence-electron chi connectivity index (χ2n) is 6.93. The number of carbonyl (C=O) groups is 1. The van der Waals surface area contributed by atoms with Crippen LogP contribution in [0.2, 0.25) is 0 Å². The molecule has 0 spiro atoms. The number of nitrogens with zero attached hydrogens (tertiary/aromatic N) is 4. The first kappa shape index (κ1) is 17.8. The summed E-state index contributed by atoms with van der Waals surface area (Å²) < 4.78 is 1.87. The van der Waals surface area contributed by atoms with Crippen molar-refractivity contribution < 1.29 is 4.79 Å². The van der Waals surface area contributed by atoms with E-state index in [9.17, 15) is 4.79 Å². The van der Waals surface area contributed by atoms with E-state index in [1.54, 1.807) is 0 Å². The molecule has 1 aromatic heterocycles. The molecule has 2 aromatic rings. The molecule has 2 aliphatic rings. The van der Waals surface area contributed by atoms with Crippen LogP contribution in [0, 0.1) is 0 Å². The Balaban J connectivity index is 0.00000182. The van der Waals surface area contributed by atoms with Gasteiger partial charge >= 0.3 is 0 Å². The molecule has 1 aromatic carbocycles. The normalized spacial score (nSPS) is 19.1. The molecular formula is C17H23ClN6O. The molecular weight excluding hydrogens is 340 g/mol. The minimum atomic E-state index is -0.746. The minimum absolute atomic E-state index is 0. The number of amides is 1. The van der Waals surface area contributed by atoms with Crippen LogP contribution in [-0.4, -0.2) is 31.7 Å². The number of hydrogen-bond acceptors (Lipinski definition) is 5. The van der Waals surface area contributed by atoms with E-state index in [1.165, 1.54) is 0 Å². The molecule has 0 aliphatic heterocycles. The van der Waals surface area contributed by atoms with E-state index in [0.29, 0.717) is 6.04 Å². The number of benzene rings is 1. The van der Waals surface area contributed by atoms with E-state index in [-0.39, 0.29) is 18.3 Å². The summed E-state index contributed by atoms with van der Waals surface area (Å²) in [5, 5.41) is 15.0. The highest BCUT2D eigenvalue weighted by atomic mass is 35.5. The van der Waals surface area contributed by atoms with E-state index in [0.717, 1.165) is 62.0 Å². The van der Waals surface area contributed by atoms with Crippen molar-refractivity contribution >= 4 is 24.0 Å². The van der Waals surface area contributed by atoms with Crippen molar-refractivity contribution in [2.45, 2.75) is 56.5 Å². The van der Waals surface area contributed by atoms with E-state index >= 15 is 0 Å². The van der Waals surface area contributed by atoms with Crippen LogP contribution in [0.4, 0.5) is 5.69 Å². The first-order chi connectivity index (χ1) is 11.7. The molecule has 1 amide bonds. The van der Waals surface area contributed by atoms with Crippen LogP contribution in [0.5, 0.6) is 0 Å². The highest BCUT2D eigenvalue weighted by Gasteiger charge is 2.35. The number of nitrogens with one attached hydrogen (secondary N) is 1. The average Bonchev–Trinajstić information content (AvgIpc) is 3.32. The molecule has 7 nitrogen and oxygen atoms in total. The molecule has 8 heteroatoms. The van der Waals surface area contributed by atoms with Gasteiger partial charge in [0.1, 0.15) is 0 Å². The highest BCUT2D eigenvalue weighted by Crippen LogP contribution is 2.37. The molecule has 2 fully saturated rings. The molecule has 2 saturated carbocycles. The number of aromatic nitrogens is 4. The molecule has 1 heterocycles. The molecule has 4 rings (SSSR count). The number of halogens is 1. The van der Waals surface area contributed by atoms with Crippen molar-refractivity contribution in [2.24, 2.45) is 5.73 Å². The van der Waals surface area contributed by atoms with Gasteiger partial charge in [-0.15, -0.1) is 17.5 Å². The van der Waals surface area contributed by atoms with Gasteiger partial charge in [0.25, 0.3) is 0 Å². The molecule has 134 valence electrons. The summed E-state index contributed by atoms with van der Waals surface area (Å²) in [5.41, 5.74) is 7.20. The largest absolute Gasteiger partial charge is 0.324 e.